The fraction of sp³-hybridized carbons (Fsp3) is 0.0400. The Morgan fingerprint density at radius 3 is 2.50 bits per heavy atom. The summed E-state index contributed by atoms with van der Waals surface area (Å²) in [6.07, 6.45) is 1.78. The number of aromatic nitrogens is 2. The lowest BCUT2D eigenvalue weighted by Gasteiger charge is -2.07. The van der Waals surface area contributed by atoms with Gasteiger partial charge in [0.1, 0.15) is 18.2 Å². The van der Waals surface area contributed by atoms with Crippen molar-refractivity contribution in [3.63, 3.8) is 0 Å². The van der Waals surface area contributed by atoms with Gasteiger partial charge in [-0.2, -0.15) is 0 Å². The predicted molar refractivity (Wildman–Crippen MR) is 116 cm³/mol. The molecule has 0 N–H and O–H groups in total. The maximum Gasteiger partial charge on any atom is 0.263 e. The van der Waals surface area contributed by atoms with Crippen molar-refractivity contribution in [1.29, 1.82) is 0 Å². The minimum Gasteiger partial charge on any atom is -0.489 e. The van der Waals surface area contributed by atoms with Crippen molar-refractivity contribution in [1.82, 2.24) is 9.38 Å². The highest BCUT2D eigenvalue weighted by Crippen LogP contribution is 2.34. The molecule has 0 atom stereocenters. The van der Waals surface area contributed by atoms with Crippen LogP contribution in [0.1, 0.15) is 5.56 Å². The zero-order valence-corrected chi connectivity index (χ0v) is 15.8. The number of fused-ring (bicyclic) bond motifs is 5. The Balaban J connectivity index is 1.56. The fourth-order valence-electron chi connectivity index (χ4n) is 4.19. The smallest absolute Gasteiger partial charge is 0.263 e. The number of nitrogens with zero attached hydrogens (tertiary/aromatic N) is 2. The Hall–Kier alpha value is -3.99. The SMILES string of the molecule is O=c1c2ccccc2c2nccc3c4cc(OCc5ccc(F)cc5)ccc4n1c32. The summed E-state index contributed by atoms with van der Waals surface area (Å²) in [4.78, 5) is 17.8. The maximum atomic E-state index is 13.3. The van der Waals surface area contributed by atoms with Gasteiger partial charge in [0.05, 0.1) is 16.6 Å². The number of rotatable bonds is 3. The monoisotopic (exact) mass is 394 g/mol. The second kappa shape index (κ2) is 6.26. The standard InChI is InChI=1S/C25H15FN2O2/c26-16-7-5-15(6-8-16)14-30-17-9-10-22-21(13-17)19-11-12-27-23-18-3-1-2-4-20(18)25(29)28(22)24(19)23/h1-13H,14H2. The van der Waals surface area contributed by atoms with Crippen molar-refractivity contribution >= 4 is 38.1 Å². The molecule has 6 aromatic rings. The van der Waals surface area contributed by atoms with Gasteiger partial charge in [-0.05, 0) is 48.0 Å². The fourth-order valence-corrected chi connectivity index (χ4v) is 4.19. The molecule has 30 heavy (non-hydrogen) atoms. The molecule has 0 unspecified atom stereocenters. The third-order valence-corrected chi connectivity index (χ3v) is 5.58. The Morgan fingerprint density at radius 1 is 0.867 bits per heavy atom. The van der Waals surface area contributed by atoms with Gasteiger partial charge < -0.3 is 4.74 Å². The third-order valence-electron chi connectivity index (χ3n) is 5.58. The van der Waals surface area contributed by atoms with Gasteiger partial charge >= 0.3 is 0 Å². The number of benzene rings is 3. The highest BCUT2D eigenvalue weighted by Gasteiger charge is 2.17. The maximum absolute atomic E-state index is 13.3. The van der Waals surface area contributed by atoms with Gasteiger partial charge in [-0.1, -0.05) is 30.3 Å². The van der Waals surface area contributed by atoms with E-state index in [4.69, 9.17) is 4.74 Å². The minimum absolute atomic E-state index is 0.0499. The molecule has 0 spiro atoms. The zero-order chi connectivity index (χ0) is 20.2. The summed E-state index contributed by atoms with van der Waals surface area (Å²) in [5.74, 6) is 0.419. The van der Waals surface area contributed by atoms with E-state index in [0.29, 0.717) is 17.7 Å². The summed E-state index contributed by atoms with van der Waals surface area (Å²) >= 11 is 0. The number of ether oxygens (including phenoxy) is 1. The molecule has 0 amide bonds. The molecule has 144 valence electrons. The van der Waals surface area contributed by atoms with Gasteiger partial charge in [-0.25, -0.2) is 4.39 Å². The molecule has 3 aromatic carbocycles. The summed E-state index contributed by atoms with van der Waals surface area (Å²) < 4.78 is 20.8. The minimum atomic E-state index is -0.270. The van der Waals surface area contributed by atoms with Gasteiger partial charge in [-0.15, -0.1) is 0 Å². The molecule has 0 saturated heterocycles. The van der Waals surface area contributed by atoms with Crippen LogP contribution in [0.25, 0.3) is 38.1 Å². The summed E-state index contributed by atoms with van der Waals surface area (Å²) in [6, 6.07) is 21.5. The summed E-state index contributed by atoms with van der Waals surface area (Å²) in [5, 5.41) is 3.41. The Bertz CT molecular complexity index is 1620. The molecule has 0 bridgehead atoms. The number of pyridine rings is 2. The third kappa shape index (κ3) is 2.38. The second-order valence-electron chi connectivity index (χ2n) is 7.34. The van der Waals surface area contributed by atoms with Crippen LogP contribution < -0.4 is 10.3 Å². The first-order valence-electron chi connectivity index (χ1n) is 9.65. The van der Waals surface area contributed by atoms with Crippen molar-refractivity contribution in [2.45, 2.75) is 6.61 Å². The first-order chi connectivity index (χ1) is 14.7. The van der Waals surface area contributed by atoms with Crippen LogP contribution in [0.5, 0.6) is 5.75 Å². The highest BCUT2D eigenvalue weighted by molar-refractivity contribution is 6.18. The average molecular weight is 394 g/mol. The summed E-state index contributed by atoms with van der Waals surface area (Å²) in [6.45, 7) is 0.335. The van der Waals surface area contributed by atoms with Crippen molar-refractivity contribution in [3.05, 3.63) is 101 Å². The quantitative estimate of drug-likeness (QED) is 0.382. The van der Waals surface area contributed by atoms with E-state index in [2.05, 4.69) is 4.98 Å². The van der Waals surface area contributed by atoms with E-state index in [1.54, 1.807) is 22.7 Å². The molecule has 0 radical (unpaired) electrons. The highest BCUT2D eigenvalue weighted by atomic mass is 19.1. The predicted octanol–water partition coefficient (Wildman–Crippen LogP) is 5.31. The van der Waals surface area contributed by atoms with Crippen LogP contribution in [0.2, 0.25) is 0 Å². The lowest BCUT2D eigenvalue weighted by Crippen LogP contribution is -2.13. The van der Waals surface area contributed by atoms with Gasteiger partial charge in [0.15, 0.2) is 0 Å². The molecule has 0 fully saturated rings. The van der Waals surface area contributed by atoms with Crippen LogP contribution >= 0.6 is 0 Å². The first-order valence-corrected chi connectivity index (χ1v) is 9.65. The molecule has 4 nitrogen and oxygen atoms in total. The van der Waals surface area contributed by atoms with Crippen LogP contribution in [-0.2, 0) is 6.61 Å². The average Bonchev–Trinajstić information content (AvgIpc) is 3.12. The molecule has 3 heterocycles. The summed E-state index contributed by atoms with van der Waals surface area (Å²) in [7, 11) is 0. The van der Waals surface area contributed by atoms with E-state index >= 15 is 0 Å². The van der Waals surface area contributed by atoms with Gasteiger partial charge in [0.2, 0.25) is 0 Å². The van der Waals surface area contributed by atoms with Crippen molar-refractivity contribution in [3.8, 4) is 5.75 Å². The van der Waals surface area contributed by atoms with Crippen molar-refractivity contribution in [2.24, 2.45) is 0 Å². The second-order valence-corrected chi connectivity index (χ2v) is 7.34. The van der Waals surface area contributed by atoms with Crippen LogP contribution in [0.15, 0.2) is 83.8 Å². The molecule has 0 aliphatic rings. The Kier molecular flexibility index (Phi) is 3.53. The van der Waals surface area contributed by atoms with Crippen LogP contribution in [0.4, 0.5) is 4.39 Å². The molecule has 5 heteroatoms. The number of hydrogen-bond acceptors (Lipinski definition) is 3. The lowest BCUT2D eigenvalue weighted by molar-refractivity contribution is 0.306. The van der Waals surface area contributed by atoms with E-state index in [1.807, 2.05) is 48.5 Å². The van der Waals surface area contributed by atoms with E-state index in [-0.39, 0.29) is 11.4 Å². The van der Waals surface area contributed by atoms with Crippen molar-refractivity contribution < 1.29 is 9.13 Å². The Morgan fingerprint density at radius 2 is 1.67 bits per heavy atom. The number of halogens is 1. The van der Waals surface area contributed by atoms with E-state index < -0.39 is 0 Å². The molecule has 3 aromatic heterocycles. The molecular formula is C25H15FN2O2. The summed E-state index contributed by atoms with van der Waals surface area (Å²) in [5.41, 5.74) is 3.30. The molecular weight excluding hydrogens is 379 g/mol. The normalized spacial score (nSPS) is 11.8. The topological polar surface area (TPSA) is 43.6 Å². The van der Waals surface area contributed by atoms with E-state index in [1.165, 1.54) is 12.1 Å². The largest absolute Gasteiger partial charge is 0.489 e. The zero-order valence-electron chi connectivity index (χ0n) is 15.8. The first kappa shape index (κ1) is 16.9. The molecule has 6 rings (SSSR count). The van der Waals surface area contributed by atoms with E-state index in [9.17, 15) is 9.18 Å². The van der Waals surface area contributed by atoms with Gasteiger partial charge in [0, 0.05) is 27.7 Å². The lowest BCUT2D eigenvalue weighted by atomic mass is 10.1. The van der Waals surface area contributed by atoms with E-state index in [0.717, 1.165) is 38.3 Å². The van der Waals surface area contributed by atoms with Crippen LogP contribution in [-0.4, -0.2) is 9.38 Å². The van der Waals surface area contributed by atoms with Crippen LogP contribution in [0.3, 0.4) is 0 Å². The molecule has 0 saturated carbocycles. The van der Waals surface area contributed by atoms with Gasteiger partial charge in [-0.3, -0.25) is 14.2 Å². The molecule has 0 aliphatic carbocycles. The molecule has 0 aliphatic heterocycles. The van der Waals surface area contributed by atoms with Crippen LogP contribution in [0, 0.1) is 5.82 Å². The van der Waals surface area contributed by atoms with Gasteiger partial charge in [0.25, 0.3) is 5.56 Å². The Labute approximate surface area is 170 Å². The van der Waals surface area contributed by atoms with Crippen molar-refractivity contribution in [2.75, 3.05) is 0 Å². The number of hydrogen-bond donors (Lipinski definition) is 0.